The number of carbonyl (C=O) groups is 1. The lowest BCUT2D eigenvalue weighted by Gasteiger charge is -2.36. The quantitative estimate of drug-likeness (QED) is 0.869. The summed E-state index contributed by atoms with van der Waals surface area (Å²) in [5.74, 6) is -0.0425. The van der Waals surface area contributed by atoms with E-state index in [4.69, 9.17) is 0 Å². The Balaban J connectivity index is 2.05. The van der Waals surface area contributed by atoms with E-state index in [1.807, 2.05) is 19.1 Å². The number of carbonyl (C=O) groups excluding carboxylic acids is 1. The molecule has 0 spiro atoms. The minimum Gasteiger partial charge on any atom is -0.394 e. The highest BCUT2D eigenvalue weighted by Crippen LogP contribution is 2.28. The average molecular weight is 253 g/mol. The molecule has 1 aromatic heterocycles. The van der Waals surface area contributed by atoms with Crippen LogP contribution in [0.25, 0.3) is 0 Å². The molecule has 0 unspecified atom stereocenters. The van der Waals surface area contributed by atoms with Gasteiger partial charge in [-0.15, -0.1) is 11.3 Å². The molecule has 3 nitrogen and oxygen atoms in total. The van der Waals surface area contributed by atoms with Crippen LogP contribution in [0.4, 0.5) is 0 Å². The summed E-state index contributed by atoms with van der Waals surface area (Å²) in [6.07, 6.45) is 5.16. The number of aliphatic hydroxyl groups excluding tert-OH is 1. The largest absolute Gasteiger partial charge is 0.394 e. The zero-order valence-electron chi connectivity index (χ0n) is 10.2. The van der Waals surface area contributed by atoms with Crippen molar-refractivity contribution in [2.45, 2.75) is 44.6 Å². The Kier molecular flexibility index (Phi) is 3.84. The van der Waals surface area contributed by atoms with Crippen LogP contribution in [-0.4, -0.2) is 23.2 Å². The monoisotopic (exact) mass is 253 g/mol. The second-order valence-electron chi connectivity index (χ2n) is 4.86. The van der Waals surface area contributed by atoms with Gasteiger partial charge in [-0.05, 0) is 31.9 Å². The predicted molar refractivity (Wildman–Crippen MR) is 69.4 cm³/mol. The summed E-state index contributed by atoms with van der Waals surface area (Å²) < 4.78 is 0. The standard InChI is InChI=1S/C13H19NO2S/c1-10-5-6-11(17-10)12(16)14-13(9-15)7-3-2-4-8-13/h5-6,15H,2-4,7-9H2,1H3,(H,14,16). The molecule has 1 aromatic rings. The third kappa shape index (κ3) is 2.87. The van der Waals surface area contributed by atoms with Crippen molar-refractivity contribution in [3.63, 3.8) is 0 Å². The molecule has 0 aliphatic heterocycles. The number of amides is 1. The van der Waals surface area contributed by atoms with E-state index in [2.05, 4.69) is 5.32 Å². The molecular weight excluding hydrogens is 234 g/mol. The summed E-state index contributed by atoms with van der Waals surface area (Å²) in [7, 11) is 0. The van der Waals surface area contributed by atoms with Crippen molar-refractivity contribution in [1.29, 1.82) is 0 Å². The minimum atomic E-state index is -0.382. The summed E-state index contributed by atoms with van der Waals surface area (Å²) in [5.41, 5.74) is -0.382. The van der Waals surface area contributed by atoms with Crippen LogP contribution in [0.5, 0.6) is 0 Å². The van der Waals surface area contributed by atoms with Gasteiger partial charge in [-0.1, -0.05) is 19.3 Å². The molecule has 1 heterocycles. The Morgan fingerprint density at radius 1 is 1.41 bits per heavy atom. The van der Waals surface area contributed by atoms with Crippen LogP contribution in [0.3, 0.4) is 0 Å². The molecule has 17 heavy (non-hydrogen) atoms. The number of thiophene rings is 1. The Morgan fingerprint density at radius 2 is 2.12 bits per heavy atom. The Hall–Kier alpha value is -0.870. The Morgan fingerprint density at radius 3 is 2.65 bits per heavy atom. The molecule has 2 N–H and O–H groups in total. The lowest BCUT2D eigenvalue weighted by atomic mass is 9.82. The third-order valence-corrected chi connectivity index (χ3v) is 4.46. The van der Waals surface area contributed by atoms with Gasteiger partial charge >= 0.3 is 0 Å². The number of hydrogen-bond donors (Lipinski definition) is 2. The molecule has 1 fully saturated rings. The van der Waals surface area contributed by atoms with E-state index in [1.54, 1.807) is 0 Å². The molecule has 1 saturated carbocycles. The molecule has 0 bridgehead atoms. The van der Waals surface area contributed by atoms with Crippen LogP contribution in [-0.2, 0) is 0 Å². The molecule has 2 rings (SSSR count). The first-order valence-electron chi connectivity index (χ1n) is 6.15. The van der Waals surface area contributed by atoms with Gasteiger partial charge in [0, 0.05) is 4.88 Å². The molecule has 0 saturated heterocycles. The SMILES string of the molecule is Cc1ccc(C(=O)NC2(CO)CCCCC2)s1. The first-order chi connectivity index (χ1) is 8.15. The van der Waals surface area contributed by atoms with Crippen LogP contribution in [0.2, 0.25) is 0 Å². The number of hydrogen-bond acceptors (Lipinski definition) is 3. The number of aliphatic hydroxyl groups is 1. The lowest BCUT2D eigenvalue weighted by molar-refractivity contribution is 0.0762. The highest BCUT2D eigenvalue weighted by atomic mass is 32.1. The van der Waals surface area contributed by atoms with Crippen LogP contribution in [0, 0.1) is 6.92 Å². The van der Waals surface area contributed by atoms with Crippen molar-refractivity contribution >= 4 is 17.2 Å². The van der Waals surface area contributed by atoms with Gasteiger partial charge in [0.05, 0.1) is 17.0 Å². The molecule has 0 aromatic carbocycles. The van der Waals surface area contributed by atoms with Gasteiger partial charge in [0.2, 0.25) is 0 Å². The second kappa shape index (κ2) is 5.19. The molecular formula is C13H19NO2S. The van der Waals surface area contributed by atoms with Crippen molar-refractivity contribution in [2.24, 2.45) is 0 Å². The first kappa shape index (κ1) is 12.6. The highest BCUT2D eigenvalue weighted by Gasteiger charge is 2.33. The van der Waals surface area contributed by atoms with Crippen molar-refractivity contribution in [3.8, 4) is 0 Å². The molecule has 1 aliphatic carbocycles. The maximum absolute atomic E-state index is 12.1. The summed E-state index contributed by atoms with van der Waals surface area (Å²) in [6, 6.07) is 3.80. The summed E-state index contributed by atoms with van der Waals surface area (Å²) in [5, 5.41) is 12.6. The normalized spacial score (nSPS) is 18.9. The van der Waals surface area contributed by atoms with Crippen LogP contribution in [0.15, 0.2) is 12.1 Å². The van der Waals surface area contributed by atoms with E-state index in [1.165, 1.54) is 17.8 Å². The van der Waals surface area contributed by atoms with E-state index in [0.29, 0.717) is 0 Å². The zero-order chi connectivity index (χ0) is 12.3. The molecule has 1 aliphatic rings. The van der Waals surface area contributed by atoms with E-state index in [0.717, 1.165) is 35.4 Å². The van der Waals surface area contributed by atoms with Crippen LogP contribution >= 0.6 is 11.3 Å². The number of aryl methyl sites for hydroxylation is 1. The summed E-state index contributed by atoms with van der Waals surface area (Å²) >= 11 is 1.50. The fourth-order valence-corrected chi connectivity index (χ4v) is 3.17. The maximum atomic E-state index is 12.1. The van der Waals surface area contributed by atoms with Crippen molar-refractivity contribution in [3.05, 3.63) is 21.9 Å². The zero-order valence-corrected chi connectivity index (χ0v) is 11.0. The summed E-state index contributed by atoms with van der Waals surface area (Å²) in [6.45, 7) is 2.03. The molecule has 4 heteroatoms. The molecule has 0 atom stereocenters. The Labute approximate surface area is 106 Å². The number of rotatable bonds is 3. The molecule has 0 radical (unpaired) electrons. The van der Waals surface area contributed by atoms with Gasteiger partial charge in [-0.2, -0.15) is 0 Å². The Bertz CT molecular complexity index is 394. The van der Waals surface area contributed by atoms with Gasteiger partial charge in [-0.25, -0.2) is 0 Å². The summed E-state index contributed by atoms with van der Waals surface area (Å²) in [4.78, 5) is 14.0. The van der Waals surface area contributed by atoms with E-state index < -0.39 is 0 Å². The molecule has 94 valence electrons. The van der Waals surface area contributed by atoms with E-state index in [-0.39, 0.29) is 18.1 Å². The van der Waals surface area contributed by atoms with Gasteiger partial charge < -0.3 is 10.4 Å². The van der Waals surface area contributed by atoms with Crippen LogP contribution in [0.1, 0.15) is 46.7 Å². The van der Waals surface area contributed by atoms with E-state index >= 15 is 0 Å². The van der Waals surface area contributed by atoms with E-state index in [9.17, 15) is 9.90 Å². The van der Waals surface area contributed by atoms with Crippen molar-refractivity contribution < 1.29 is 9.90 Å². The average Bonchev–Trinajstić information content (AvgIpc) is 2.77. The number of nitrogens with one attached hydrogen (secondary N) is 1. The van der Waals surface area contributed by atoms with Crippen molar-refractivity contribution in [1.82, 2.24) is 5.32 Å². The van der Waals surface area contributed by atoms with Gasteiger partial charge in [0.25, 0.3) is 5.91 Å². The van der Waals surface area contributed by atoms with Crippen LogP contribution < -0.4 is 5.32 Å². The fourth-order valence-electron chi connectivity index (χ4n) is 2.41. The predicted octanol–water partition coefficient (Wildman–Crippen LogP) is 2.48. The highest BCUT2D eigenvalue weighted by molar-refractivity contribution is 7.13. The first-order valence-corrected chi connectivity index (χ1v) is 6.97. The third-order valence-electron chi connectivity index (χ3n) is 3.46. The van der Waals surface area contributed by atoms with Gasteiger partial charge in [-0.3, -0.25) is 4.79 Å². The van der Waals surface area contributed by atoms with Crippen molar-refractivity contribution in [2.75, 3.05) is 6.61 Å². The molecule has 1 amide bonds. The topological polar surface area (TPSA) is 49.3 Å². The minimum absolute atomic E-state index is 0.0425. The lowest BCUT2D eigenvalue weighted by Crippen LogP contribution is -2.52. The maximum Gasteiger partial charge on any atom is 0.261 e. The smallest absolute Gasteiger partial charge is 0.261 e. The van der Waals surface area contributed by atoms with Gasteiger partial charge in [0.15, 0.2) is 0 Å². The fraction of sp³-hybridized carbons (Fsp3) is 0.615. The van der Waals surface area contributed by atoms with Gasteiger partial charge in [0.1, 0.15) is 0 Å². The second-order valence-corrected chi connectivity index (χ2v) is 6.15.